The number of carbonyl (C=O) groups excluding carboxylic acids is 2. The van der Waals surface area contributed by atoms with Crippen molar-refractivity contribution in [1.29, 1.82) is 0 Å². The fourth-order valence-electron chi connectivity index (χ4n) is 2.21. The first-order chi connectivity index (χ1) is 12.2. The number of amides is 2. The summed E-state index contributed by atoms with van der Waals surface area (Å²) in [5.41, 5.74) is -0.547. The molecule has 0 saturated heterocycles. The molecule has 5 nitrogen and oxygen atoms in total. The van der Waals surface area contributed by atoms with Crippen molar-refractivity contribution in [3.8, 4) is 5.75 Å². The number of hydrogen-bond donors (Lipinski definition) is 1. The Balaban J connectivity index is 2.00. The molecule has 8 heteroatoms. The molecule has 0 spiro atoms. The molecule has 0 aliphatic carbocycles. The number of likely N-dealkylation sites (N-methyl/N-ethyl adjacent to an activating group) is 1. The van der Waals surface area contributed by atoms with Gasteiger partial charge in [-0.3, -0.25) is 9.59 Å². The van der Waals surface area contributed by atoms with Gasteiger partial charge in [-0.05, 0) is 42.5 Å². The molecule has 2 aromatic carbocycles. The van der Waals surface area contributed by atoms with E-state index in [9.17, 15) is 22.8 Å². The van der Waals surface area contributed by atoms with E-state index in [-0.39, 0.29) is 12.1 Å². The average molecular weight is 366 g/mol. The number of nitrogens with one attached hydrogen (secondary N) is 1. The van der Waals surface area contributed by atoms with Gasteiger partial charge in [0.05, 0.1) is 19.2 Å². The average Bonchev–Trinajstić information content (AvgIpc) is 2.61. The number of halogens is 3. The molecule has 0 heterocycles. The van der Waals surface area contributed by atoms with E-state index in [0.29, 0.717) is 11.4 Å². The Morgan fingerprint density at radius 2 is 1.77 bits per heavy atom. The first-order valence-corrected chi connectivity index (χ1v) is 7.57. The minimum atomic E-state index is -4.54. The molecule has 0 aromatic heterocycles. The van der Waals surface area contributed by atoms with E-state index >= 15 is 0 Å². The third-order valence-corrected chi connectivity index (χ3v) is 3.54. The summed E-state index contributed by atoms with van der Waals surface area (Å²) in [7, 11) is 2.86. The van der Waals surface area contributed by atoms with Crippen molar-refractivity contribution >= 4 is 17.5 Å². The van der Waals surface area contributed by atoms with Crippen LogP contribution in [0, 0.1) is 0 Å². The van der Waals surface area contributed by atoms with Crippen LogP contribution in [0.5, 0.6) is 5.75 Å². The molecule has 0 saturated carbocycles. The molecule has 0 aliphatic rings. The SMILES string of the molecule is COc1ccc(NC(=O)CN(C)C(=O)c2cccc(C(F)(F)F)c2)cc1. The zero-order chi connectivity index (χ0) is 19.3. The molecule has 1 N–H and O–H groups in total. The van der Waals surface area contributed by atoms with Crippen molar-refractivity contribution in [3.05, 3.63) is 59.7 Å². The molecule has 0 unspecified atom stereocenters. The van der Waals surface area contributed by atoms with Crippen LogP contribution in [0.4, 0.5) is 18.9 Å². The quantitative estimate of drug-likeness (QED) is 0.882. The van der Waals surface area contributed by atoms with Gasteiger partial charge < -0.3 is 15.0 Å². The molecule has 0 fully saturated rings. The summed E-state index contributed by atoms with van der Waals surface area (Å²) >= 11 is 0. The van der Waals surface area contributed by atoms with Gasteiger partial charge in [0.15, 0.2) is 0 Å². The van der Waals surface area contributed by atoms with Gasteiger partial charge in [-0.1, -0.05) is 6.07 Å². The Morgan fingerprint density at radius 3 is 2.35 bits per heavy atom. The van der Waals surface area contributed by atoms with Crippen molar-refractivity contribution in [2.24, 2.45) is 0 Å². The van der Waals surface area contributed by atoms with Crippen LogP contribution in [0.3, 0.4) is 0 Å². The number of carbonyl (C=O) groups is 2. The molecule has 138 valence electrons. The van der Waals surface area contributed by atoms with Crippen LogP contribution >= 0.6 is 0 Å². The van der Waals surface area contributed by atoms with Gasteiger partial charge in [-0.25, -0.2) is 0 Å². The summed E-state index contributed by atoms with van der Waals surface area (Å²) in [4.78, 5) is 25.3. The van der Waals surface area contributed by atoms with Gasteiger partial charge in [-0.15, -0.1) is 0 Å². The van der Waals surface area contributed by atoms with E-state index in [1.807, 2.05) is 0 Å². The summed E-state index contributed by atoms with van der Waals surface area (Å²) in [6.07, 6.45) is -4.54. The van der Waals surface area contributed by atoms with E-state index in [1.165, 1.54) is 20.2 Å². The topological polar surface area (TPSA) is 58.6 Å². The molecular formula is C18H17F3N2O3. The molecule has 0 radical (unpaired) electrons. The standard InChI is InChI=1S/C18H17F3N2O3/c1-23(11-16(24)22-14-6-8-15(26-2)9-7-14)17(25)12-4-3-5-13(10-12)18(19,20)21/h3-10H,11H2,1-2H3,(H,22,24). The molecule has 2 rings (SSSR count). The highest BCUT2D eigenvalue weighted by Gasteiger charge is 2.31. The lowest BCUT2D eigenvalue weighted by Crippen LogP contribution is -2.35. The highest BCUT2D eigenvalue weighted by atomic mass is 19.4. The van der Waals surface area contributed by atoms with E-state index in [1.54, 1.807) is 24.3 Å². The number of nitrogens with zero attached hydrogens (tertiary/aromatic N) is 1. The summed E-state index contributed by atoms with van der Waals surface area (Å²) < 4.78 is 43.2. The molecular weight excluding hydrogens is 349 g/mol. The van der Waals surface area contributed by atoms with Crippen LogP contribution in [0.2, 0.25) is 0 Å². The first kappa shape index (κ1) is 19.3. The minimum Gasteiger partial charge on any atom is -0.497 e. The fourth-order valence-corrected chi connectivity index (χ4v) is 2.21. The Kier molecular flexibility index (Phi) is 5.86. The Labute approximate surface area is 148 Å². The minimum absolute atomic E-state index is 0.139. The predicted octanol–water partition coefficient (Wildman–Crippen LogP) is 3.42. The van der Waals surface area contributed by atoms with Crippen LogP contribution in [0.25, 0.3) is 0 Å². The highest BCUT2D eigenvalue weighted by molar-refractivity contribution is 5.99. The Bertz CT molecular complexity index is 789. The smallest absolute Gasteiger partial charge is 0.416 e. The lowest BCUT2D eigenvalue weighted by atomic mass is 10.1. The maximum Gasteiger partial charge on any atom is 0.416 e. The third-order valence-electron chi connectivity index (χ3n) is 3.54. The number of ether oxygens (including phenoxy) is 1. The molecule has 2 aromatic rings. The van der Waals surface area contributed by atoms with E-state index in [0.717, 1.165) is 23.1 Å². The molecule has 0 aliphatic heterocycles. The number of anilines is 1. The van der Waals surface area contributed by atoms with Crippen LogP contribution in [0.1, 0.15) is 15.9 Å². The number of rotatable bonds is 5. The summed E-state index contributed by atoms with van der Waals surface area (Å²) in [6.45, 7) is -0.304. The van der Waals surface area contributed by atoms with E-state index in [2.05, 4.69) is 5.32 Å². The lowest BCUT2D eigenvalue weighted by molar-refractivity contribution is -0.137. The Morgan fingerprint density at radius 1 is 1.12 bits per heavy atom. The molecule has 26 heavy (non-hydrogen) atoms. The van der Waals surface area contributed by atoms with Crippen LogP contribution < -0.4 is 10.1 Å². The van der Waals surface area contributed by atoms with Crippen molar-refractivity contribution in [2.75, 3.05) is 26.0 Å². The van der Waals surface area contributed by atoms with Crippen LogP contribution in [0.15, 0.2) is 48.5 Å². The second-order valence-electron chi connectivity index (χ2n) is 5.52. The molecule has 2 amide bonds. The third kappa shape index (κ3) is 4.98. The fraction of sp³-hybridized carbons (Fsp3) is 0.222. The highest BCUT2D eigenvalue weighted by Crippen LogP contribution is 2.29. The van der Waals surface area contributed by atoms with Crippen molar-refractivity contribution in [2.45, 2.75) is 6.18 Å². The van der Waals surface area contributed by atoms with Gasteiger partial charge in [0.2, 0.25) is 5.91 Å². The maximum atomic E-state index is 12.7. The number of alkyl halides is 3. The van der Waals surface area contributed by atoms with E-state index < -0.39 is 23.6 Å². The molecule has 0 atom stereocenters. The van der Waals surface area contributed by atoms with Gasteiger partial charge >= 0.3 is 6.18 Å². The van der Waals surface area contributed by atoms with Crippen molar-refractivity contribution in [1.82, 2.24) is 4.90 Å². The van der Waals surface area contributed by atoms with Gasteiger partial charge in [0, 0.05) is 18.3 Å². The summed E-state index contributed by atoms with van der Waals surface area (Å²) in [6, 6.07) is 10.7. The van der Waals surface area contributed by atoms with Crippen LogP contribution in [-0.4, -0.2) is 37.4 Å². The van der Waals surface area contributed by atoms with Gasteiger partial charge in [-0.2, -0.15) is 13.2 Å². The normalized spacial score (nSPS) is 11.0. The Hall–Kier alpha value is -3.03. The number of benzene rings is 2. The second-order valence-corrected chi connectivity index (χ2v) is 5.52. The number of hydrogen-bond acceptors (Lipinski definition) is 3. The molecule has 0 bridgehead atoms. The van der Waals surface area contributed by atoms with E-state index in [4.69, 9.17) is 4.74 Å². The van der Waals surface area contributed by atoms with Crippen LogP contribution in [-0.2, 0) is 11.0 Å². The maximum absolute atomic E-state index is 12.7. The van der Waals surface area contributed by atoms with Gasteiger partial charge in [0.25, 0.3) is 5.91 Å². The van der Waals surface area contributed by atoms with Crippen molar-refractivity contribution in [3.63, 3.8) is 0 Å². The van der Waals surface area contributed by atoms with Crippen molar-refractivity contribution < 1.29 is 27.5 Å². The monoisotopic (exact) mass is 366 g/mol. The zero-order valence-electron chi connectivity index (χ0n) is 14.1. The predicted molar refractivity (Wildman–Crippen MR) is 90.0 cm³/mol. The first-order valence-electron chi connectivity index (χ1n) is 7.57. The summed E-state index contributed by atoms with van der Waals surface area (Å²) in [5, 5.41) is 2.60. The largest absolute Gasteiger partial charge is 0.497 e. The van der Waals surface area contributed by atoms with Gasteiger partial charge in [0.1, 0.15) is 5.75 Å². The lowest BCUT2D eigenvalue weighted by Gasteiger charge is -2.17. The number of methoxy groups -OCH3 is 1. The summed E-state index contributed by atoms with van der Waals surface area (Å²) in [5.74, 6) is -0.529. The zero-order valence-corrected chi connectivity index (χ0v) is 14.1. The second kappa shape index (κ2) is 7.90.